The molecule has 1 unspecified atom stereocenters. The summed E-state index contributed by atoms with van der Waals surface area (Å²) in [5, 5.41) is 9.52. The van der Waals surface area contributed by atoms with Gasteiger partial charge in [0.05, 0.1) is 0 Å². The molecule has 124 valence electrons. The highest BCUT2D eigenvalue weighted by molar-refractivity contribution is 5.62. The fourth-order valence-electron chi connectivity index (χ4n) is 2.74. The molecule has 2 heteroatoms. The third kappa shape index (κ3) is 5.31. The molecule has 1 aliphatic rings. The lowest BCUT2D eigenvalue weighted by atomic mass is 9.94. The first-order valence-corrected chi connectivity index (χ1v) is 8.38. The van der Waals surface area contributed by atoms with Crippen LogP contribution in [0.25, 0.3) is 6.08 Å². The molecule has 1 aromatic rings. The van der Waals surface area contributed by atoms with Crippen molar-refractivity contribution in [3.63, 3.8) is 0 Å². The van der Waals surface area contributed by atoms with Crippen LogP contribution < -0.4 is 4.74 Å². The van der Waals surface area contributed by atoms with Gasteiger partial charge in [0.2, 0.25) is 0 Å². The quantitative estimate of drug-likeness (QED) is 0.650. The van der Waals surface area contributed by atoms with Gasteiger partial charge >= 0.3 is 0 Å². The van der Waals surface area contributed by atoms with Gasteiger partial charge in [-0.25, -0.2) is 0 Å². The maximum atomic E-state index is 9.52. The van der Waals surface area contributed by atoms with Crippen LogP contribution in [-0.4, -0.2) is 10.7 Å². The third-order valence-corrected chi connectivity index (χ3v) is 4.18. The molecule has 0 radical (unpaired) electrons. The Morgan fingerprint density at radius 3 is 2.70 bits per heavy atom. The summed E-state index contributed by atoms with van der Waals surface area (Å²) in [7, 11) is 0. The maximum Gasteiger partial charge on any atom is 0.128 e. The van der Waals surface area contributed by atoms with Crippen LogP contribution in [0.5, 0.6) is 11.5 Å². The fourth-order valence-corrected chi connectivity index (χ4v) is 2.74. The number of allylic oxidation sites excluding steroid dienone is 4. The van der Waals surface area contributed by atoms with Gasteiger partial charge in [-0.05, 0) is 77.7 Å². The van der Waals surface area contributed by atoms with Crippen LogP contribution in [0.1, 0.15) is 58.9 Å². The predicted molar refractivity (Wildman–Crippen MR) is 97.8 cm³/mol. The minimum atomic E-state index is -0.277. The van der Waals surface area contributed by atoms with E-state index in [0.29, 0.717) is 0 Å². The van der Waals surface area contributed by atoms with E-state index in [4.69, 9.17) is 4.74 Å². The molecule has 0 amide bonds. The van der Waals surface area contributed by atoms with Crippen LogP contribution in [0.4, 0.5) is 0 Å². The Bertz CT molecular complexity index is 633. The molecular formula is C21H28O2. The van der Waals surface area contributed by atoms with E-state index >= 15 is 0 Å². The maximum absolute atomic E-state index is 9.52. The molecule has 1 atom stereocenters. The molecule has 1 aromatic carbocycles. The second kappa shape index (κ2) is 7.54. The van der Waals surface area contributed by atoms with E-state index in [-0.39, 0.29) is 11.4 Å². The number of phenolic OH excluding ortho intramolecular Hbond substituents is 1. The Balaban J connectivity index is 1.89. The van der Waals surface area contributed by atoms with E-state index in [1.807, 2.05) is 12.1 Å². The van der Waals surface area contributed by atoms with Crippen LogP contribution in [0, 0.1) is 0 Å². The lowest BCUT2D eigenvalue weighted by Gasteiger charge is -2.31. The van der Waals surface area contributed by atoms with Crippen LogP contribution in [0.3, 0.4) is 0 Å². The largest absolute Gasteiger partial charge is 0.508 e. The van der Waals surface area contributed by atoms with Crippen molar-refractivity contribution in [2.45, 2.75) is 59.0 Å². The minimum absolute atomic E-state index is 0.274. The average Bonchev–Trinajstić information content (AvgIpc) is 2.47. The lowest BCUT2D eigenvalue weighted by molar-refractivity contribution is 0.128. The Morgan fingerprint density at radius 1 is 1.17 bits per heavy atom. The van der Waals surface area contributed by atoms with Crippen LogP contribution in [-0.2, 0) is 0 Å². The van der Waals surface area contributed by atoms with Gasteiger partial charge in [0.15, 0.2) is 0 Å². The molecule has 1 N–H and O–H groups in total. The number of phenols is 1. The molecule has 1 aliphatic heterocycles. The highest BCUT2D eigenvalue weighted by atomic mass is 16.5. The van der Waals surface area contributed by atoms with E-state index in [1.54, 1.807) is 12.1 Å². The number of fused-ring (bicyclic) bond motifs is 1. The molecule has 2 nitrogen and oxygen atoms in total. The smallest absolute Gasteiger partial charge is 0.128 e. The van der Waals surface area contributed by atoms with Gasteiger partial charge in [-0.15, -0.1) is 0 Å². The second-order valence-corrected chi connectivity index (χ2v) is 6.88. The zero-order valence-corrected chi connectivity index (χ0v) is 14.7. The molecule has 0 saturated heterocycles. The Kier molecular flexibility index (Phi) is 5.70. The number of aromatic hydroxyl groups is 1. The molecule has 0 fully saturated rings. The SMILES string of the molecule is CC(C)=CCCC(C)=CCCC1(C)C=Cc2cc(O)ccc2O1. The van der Waals surface area contributed by atoms with Crippen LogP contribution in [0.15, 0.2) is 47.6 Å². The summed E-state index contributed by atoms with van der Waals surface area (Å²) < 4.78 is 6.13. The molecule has 1 heterocycles. The van der Waals surface area contributed by atoms with Crippen molar-refractivity contribution in [1.82, 2.24) is 0 Å². The summed E-state index contributed by atoms with van der Waals surface area (Å²) in [5.41, 5.74) is 3.49. The van der Waals surface area contributed by atoms with Gasteiger partial charge in [0, 0.05) is 5.56 Å². The Hall–Kier alpha value is -1.96. The summed E-state index contributed by atoms with van der Waals surface area (Å²) in [5.74, 6) is 1.12. The Labute approximate surface area is 140 Å². The molecule has 0 spiro atoms. The third-order valence-electron chi connectivity index (χ3n) is 4.18. The first kappa shape index (κ1) is 17.4. The summed E-state index contributed by atoms with van der Waals surface area (Å²) >= 11 is 0. The summed E-state index contributed by atoms with van der Waals surface area (Å²) in [6.07, 6.45) is 13.0. The van der Waals surface area contributed by atoms with Crippen molar-refractivity contribution in [2.75, 3.05) is 0 Å². The van der Waals surface area contributed by atoms with Crippen LogP contribution >= 0.6 is 0 Å². The first-order chi connectivity index (χ1) is 10.9. The molecular weight excluding hydrogens is 284 g/mol. The van der Waals surface area contributed by atoms with Crippen LogP contribution in [0.2, 0.25) is 0 Å². The normalized spacial score (nSPS) is 19.9. The topological polar surface area (TPSA) is 29.5 Å². The second-order valence-electron chi connectivity index (χ2n) is 6.88. The molecule has 0 bridgehead atoms. The van der Waals surface area contributed by atoms with Crippen molar-refractivity contribution in [3.05, 3.63) is 53.1 Å². The monoisotopic (exact) mass is 312 g/mol. The van der Waals surface area contributed by atoms with E-state index in [2.05, 4.69) is 45.9 Å². The van der Waals surface area contributed by atoms with Gasteiger partial charge in [-0.1, -0.05) is 29.4 Å². The molecule has 0 aromatic heterocycles. The highest BCUT2D eigenvalue weighted by Crippen LogP contribution is 2.35. The van der Waals surface area contributed by atoms with Crippen molar-refractivity contribution < 1.29 is 9.84 Å². The molecule has 2 rings (SSSR count). The summed E-state index contributed by atoms with van der Waals surface area (Å²) in [4.78, 5) is 0. The van der Waals surface area contributed by atoms with Gasteiger partial charge in [0.1, 0.15) is 17.1 Å². The van der Waals surface area contributed by atoms with Crippen molar-refractivity contribution in [1.29, 1.82) is 0 Å². The van der Waals surface area contributed by atoms with Gasteiger partial charge in [0.25, 0.3) is 0 Å². The zero-order chi connectivity index (χ0) is 16.9. The molecule has 0 aliphatic carbocycles. The number of benzene rings is 1. The summed E-state index contributed by atoms with van der Waals surface area (Å²) in [6, 6.07) is 5.25. The zero-order valence-electron chi connectivity index (χ0n) is 14.7. The number of hydrogen-bond donors (Lipinski definition) is 1. The standard InChI is InChI=1S/C21H28O2/c1-16(2)7-5-8-17(3)9-6-13-21(4)14-12-18-15-19(22)10-11-20(18)23-21/h7,9-12,14-15,22H,5-6,8,13H2,1-4H3. The fraction of sp³-hybridized carbons (Fsp3) is 0.429. The Morgan fingerprint density at radius 2 is 1.96 bits per heavy atom. The van der Waals surface area contributed by atoms with Gasteiger partial charge in [-0.2, -0.15) is 0 Å². The summed E-state index contributed by atoms with van der Waals surface area (Å²) in [6.45, 7) is 8.61. The lowest BCUT2D eigenvalue weighted by Crippen LogP contribution is -2.31. The number of hydrogen-bond acceptors (Lipinski definition) is 2. The van der Waals surface area contributed by atoms with E-state index < -0.39 is 0 Å². The minimum Gasteiger partial charge on any atom is -0.508 e. The molecule has 0 saturated carbocycles. The van der Waals surface area contributed by atoms with E-state index in [0.717, 1.165) is 37.0 Å². The number of ether oxygens (including phenoxy) is 1. The van der Waals surface area contributed by atoms with Crippen molar-refractivity contribution in [2.24, 2.45) is 0 Å². The van der Waals surface area contributed by atoms with Gasteiger partial charge < -0.3 is 9.84 Å². The highest BCUT2D eigenvalue weighted by Gasteiger charge is 2.26. The van der Waals surface area contributed by atoms with E-state index in [9.17, 15) is 5.11 Å². The van der Waals surface area contributed by atoms with Crippen molar-refractivity contribution >= 4 is 6.08 Å². The predicted octanol–water partition coefficient (Wildman–Crippen LogP) is 6.03. The molecule has 23 heavy (non-hydrogen) atoms. The number of rotatable bonds is 6. The average molecular weight is 312 g/mol. The first-order valence-electron chi connectivity index (χ1n) is 8.38. The van der Waals surface area contributed by atoms with Gasteiger partial charge in [-0.3, -0.25) is 0 Å². The van der Waals surface area contributed by atoms with Crippen molar-refractivity contribution in [3.8, 4) is 11.5 Å². The van der Waals surface area contributed by atoms with E-state index in [1.165, 1.54) is 11.1 Å².